The molecule has 0 heterocycles. The van der Waals surface area contributed by atoms with Crippen molar-refractivity contribution < 1.29 is 129 Å². The number of rotatable bonds is 95. The predicted octanol–water partition coefficient (Wildman–Crippen LogP) is 5.56. The zero-order valence-corrected chi connectivity index (χ0v) is 62.0. The fourth-order valence-corrected chi connectivity index (χ4v) is 8.84. The summed E-state index contributed by atoms with van der Waals surface area (Å²) in [4.78, 5) is 2.52. The highest BCUT2D eigenvalue weighted by molar-refractivity contribution is 4.60. The van der Waals surface area contributed by atoms with Gasteiger partial charge in [0.2, 0.25) is 0 Å². The molecular formula is C71H145NO27. The van der Waals surface area contributed by atoms with Gasteiger partial charge in [-0.05, 0) is 19.4 Å². The monoisotopic (exact) mass is 1440 g/mol. The molecule has 0 radical (unpaired) electrons. The van der Waals surface area contributed by atoms with E-state index in [9.17, 15) is 0 Å². The molecule has 28 nitrogen and oxygen atoms in total. The Balaban J connectivity index is 3.76. The molecule has 0 aromatic carbocycles. The van der Waals surface area contributed by atoms with Gasteiger partial charge in [-0.25, -0.2) is 0 Å². The lowest BCUT2D eigenvalue weighted by atomic mass is 10.0. The van der Waals surface area contributed by atoms with Gasteiger partial charge in [0, 0.05) is 19.7 Å². The highest BCUT2D eigenvalue weighted by atomic mass is 16.6. The Morgan fingerprint density at radius 1 is 0.141 bits per heavy atom. The van der Waals surface area contributed by atoms with Gasteiger partial charge in [-0.3, -0.25) is 0 Å². The van der Waals surface area contributed by atoms with Gasteiger partial charge < -0.3 is 134 Å². The highest BCUT2D eigenvalue weighted by Gasteiger charge is 2.07. The Morgan fingerprint density at radius 2 is 0.283 bits per heavy atom. The summed E-state index contributed by atoms with van der Waals surface area (Å²) < 4.78 is 139. The lowest BCUT2D eigenvalue weighted by Crippen LogP contribution is -2.31. The lowest BCUT2D eigenvalue weighted by Gasteiger charge is -2.22. The molecule has 99 heavy (non-hydrogen) atoms. The van der Waals surface area contributed by atoms with Gasteiger partial charge in [0.25, 0.3) is 0 Å². The molecule has 0 rings (SSSR count). The second kappa shape index (κ2) is 94.9. The molecule has 0 aliphatic rings. The second-order valence-corrected chi connectivity index (χ2v) is 22.5. The Bertz CT molecular complexity index is 1390. The van der Waals surface area contributed by atoms with E-state index in [2.05, 4.69) is 11.8 Å². The first-order chi connectivity index (χ1) is 49.3. The van der Waals surface area contributed by atoms with Crippen molar-refractivity contribution in [2.24, 2.45) is 0 Å². The molecule has 0 aliphatic heterocycles. The number of hydrogen-bond acceptors (Lipinski definition) is 28. The average Bonchev–Trinajstić information content (AvgIpc) is 3.82. The fourth-order valence-electron chi connectivity index (χ4n) is 8.84. The van der Waals surface area contributed by atoms with Crippen molar-refractivity contribution >= 4 is 0 Å². The molecule has 2 N–H and O–H groups in total. The predicted molar refractivity (Wildman–Crippen MR) is 376 cm³/mol. The van der Waals surface area contributed by atoms with E-state index in [0.717, 1.165) is 26.1 Å². The van der Waals surface area contributed by atoms with Crippen LogP contribution in [0.2, 0.25) is 0 Å². The minimum Gasteiger partial charge on any atom is -0.394 e. The molecule has 0 amide bonds. The first-order valence-corrected chi connectivity index (χ1v) is 37.7. The van der Waals surface area contributed by atoms with Crippen LogP contribution in [0.15, 0.2) is 0 Å². The number of hydrogen-bond donors (Lipinski definition) is 2. The van der Waals surface area contributed by atoms with Crippen LogP contribution in [0.25, 0.3) is 0 Å². The number of unbranched alkanes of at least 4 members (excludes halogenated alkanes) is 13. The first kappa shape index (κ1) is 97.9. The van der Waals surface area contributed by atoms with Crippen LogP contribution < -0.4 is 0 Å². The van der Waals surface area contributed by atoms with E-state index in [0.29, 0.717) is 330 Å². The quantitative estimate of drug-likeness (QED) is 0.0705. The molecule has 596 valence electrons. The summed E-state index contributed by atoms with van der Waals surface area (Å²) in [6, 6.07) is 0. The van der Waals surface area contributed by atoms with Crippen molar-refractivity contribution in [1.29, 1.82) is 0 Å². The first-order valence-electron chi connectivity index (χ1n) is 37.7. The third-order valence-corrected chi connectivity index (χ3v) is 14.2. The second-order valence-electron chi connectivity index (χ2n) is 22.5. The standard InChI is InChI=1S/C71H145NO27/c1-2-3-4-5-6-7-8-9-10-11-12-13-14-15-17-72(18-16-22-75-26-30-79-34-38-83-42-46-87-50-54-91-58-62-95-66-68-97-64-60-93-56-52-89-48-44-85-40-36-81-32-28-77-24-20-73)19-23-76-27-31-80-35-39-84-43-47-88-51-55-92-59-63-96-67-70-99-71-69-98-65-61-94-57-53-90-49-45-86-41-37-82-33-29-78-25-21-74/h73-74H,2-71H2,1H3. The number of ether oxygens (including phenoxy) is 25. The Kier molecular flexibility index (Phi) is 93.8. The summed E-state index contributed by atoms with van der Waals surface area (Å²) in [5.74, 6) is 0. The SMILES string of the molecule is CCCCCCCCCCCCCCCCN(CCCOCCOCCOCCOCCOCCOCCOCCOCCOCCOCCOCCOCCO)CCOCCOCCOCCOCCOCCOCCOCCOCCOCCOCCOCCOCCOCCO. The average molecular weight is 1440 g/mol. The van der Waals surface area contributed by atoms with Gasteiger partial charge in [-0.2, -0.15) is 0 Å². The van der Waals surface area contributed by atoms with Gasteiger partial charge in [-0.1, -0.05) is 90.4 Å². The zero-order valence-electron chi connectivity index (χ0n) is 62.0. The molecule has 0 atom stereocenters. The van der Waals surface area contributed by atoms with Crippen molar-refractivity contribution in [2.75, 3.05) is 363 Å². The summed E-state index contributed by atoms with van der Waals surface area (Å²) in [6.07, 6.45) is 20.0. The smallest absolute Gasteiger partial charge is 0.0701 e. The molecule has 0 spiro atoms. The molecule has 0 bridgehead atoms. The number of nitrogens with zero attached hydrogens (tertiary/aromatic N) is 1. The van der Waals surface area contributed by atoms with Crippen LogP contribution in [-0.4, -0.2) is 378 Å². The summed E-state index contributed by atoms with van der Waals surface area (Å²) in [6.45, 7) is 30.2. The third kappa shape index (κ3) is 92.9. The van der Waals surface area contributed by atoms with Gasteiger partial charge in [0.05, 0.1) is 337 Å². The molecule has 0 unspecified atom stereocenters. The minimum atomic E-state index is 0.0181. The maximum Gasteiger partial charge on any atom is 0.0701 e. The fraction of sp³-hybridized carbons (Fsp3) is 1.00. The Morgan fingerprint density at radius 3 is 0.465 bits per heavy atom. The molecular weight excluding hydrogens is 1300 g/mol. The Hall–Kier alpha value is -1.12. The van der Waals surface area contributed by atoms with Gasteiger partial charge >= 0.3 is 0 Å². The van der Waals surface area contributed by atoms with E-state index in [4.69, 9.17) is 129 Å². The van der Waals surface area contributed by atoms with Crippen LogP contribution in [0.4, 0.5) is 0 Å². The van der Waals surface area contributed by atoms with Gasteiger partial charge in [-0.15, -0.1) is 0 Å². The molecule has 0 aliphatic carbocycles. The summed E-state index contributed by atoms with van der Waals surface area (Å²) in [5.41, 5.74) is 0. The largest absolute Gasteiger partial charge is 0.394 e. The maximum absolute atomic E-state index is 8.64. The van der Waals surface area contributed by atoms with E-state index in [1.807, 2.05) is 0 Å². The van der Waals surface area contributed by atoms with Gasteiger partial charge in [0.1, 0.15) is 0 Å². The minimum absolute atomic E-state index is 0.0181. The van der Waals surface area contributed by atoms with E-state index in [-0.39, 0.29) is 13.2 Å². The van der Waals surface area contributed by atoms with E-state index in [1.54, 1.807) is 0 Å². The summed E-state index contributed by atoms with van der Waals surface area (Å²) >= 11 is 0. The van der Waals surface area contributed by atoms with Crippen molar-refractivity contribution in [3.05, 3.63) is 0 Å². The van der Waals surface area contributed by atoms with Crippen LogP contribution in [0.5, 0.6) is 0 Å². The summed E-state index contributed by atoms with van der Waals surface area (Å²) in [7, 11) is 0. The van der Waals surface area contributed by atoms with Crippen molar-refractivity contribution in [1.82, 2.24) is 4.90 Å². The van der Waals surface area contributed by atoms with Crippen LogP contribution in [-0.2, 0) is 118 Å². The molecule has 0 aromatic rings. The number of aliphatic hydroxyl groups is 2. The van der Waals surface area contributed by atoms with E-state index >= 15 is 0 Å². The zero-order chi connectivity index (χ0) is 70.8. The molecule has 0 aromatic heterocycles. The van der Waals surface area contributed by atoms with Crippen LogP contribution >= 0.6 is 0 Å². The highest BCUT2D eigenvalue weighted by Crippen LogP contribution is 2.13. The topological polar surface area (TPSA) is 274 Å². The maximum atomic E-state index is 8.64. The van der Waals surface area contributed by atoms with Crippen LogP contribution in [0.1, 0.15) is 103 Å². The van der Waals surface area contributed by atoms with Crippen molar-refractivity contribution in [3.8, 4) is 0 Å². The molecule has 28 heteroatoms. The van der Waals surface area contributed by atoms with E-state index in [1.165, 1.54) is 89.9 Å². The normalized spacial score (nSPS) is 11.9. The molecule has 0 saturated carbocycles. The van der Waals surface area contributed by atoms with E-state index < -0.39 is 0 Å². The summed E-state index contributed by atoms with van der Waals surface area (Å²) in [5, 5.41) is 17.3. The third-order valence-electron chi connectivity index (χ3n) is 14.2. The van der Waals surface area contributed by atoms with Gasteiger partial charge in [0.15, 0.2) is 0 Å². The number of aliphatic hydroxyl groups excluding tert-OH is 2. The Labute approximate surface area is 597 Å². The van der Waals surface area contributed by atoms with Crippen LogP contribution in [0, 0.1) is 0 Å². The molecule has 0 fully saturated rings. The van der Waals surface area contributed by atoms with Crippen LogP contribution in [0.3, 0.4) is 0 Å². The lowest BCUT2D eigenvalue weighted by molar-refractivity contribution is -0.0293. The van der Waals surface area contributed by atoms with Crippen molar-refractivity contribution in [3.63, 3.8) is 0 Å². The molecule has 0 saturated heterocycles. The van der Waals surface area contributed by atoms with Crippen molar-refractivity contribution in [2.45, 2.75) is 103 Å².